The van der Waals surface area contributed by atoms with Crippen LogP contribution in [0.15, 0.2) is 16.4 Å². The van der Waals surface area contributed by atoms with Crippen LogP contribution in [0.3, 0.4) is 0 Å². The van der Waals surface area contributed by atoms with Gasteiger partial charge in [0.25, 0.3) is 0 Å². The fourth-order valence-electron chi connectivity index (χ4n) is 2.37. The Bertz CT molecular complexity index is 714. The van der Waals surface area contributed by atoms with Gasteiger partial charge in [-0.25, -0.2) is 9.98 Å². The van der Waals surface area contributed by atoms with Crippen LogP contribution in [0.5, 0.6) is 0 Å². The van der Waals surface area contributed by atoms with Crippen LogP contribution in [-0.4, -0.2) is 28.6 Å². The first-order chi connectivity index (χ1) is 12.0. The van der Waals surface area contributed by atoms with Gasteiger partial charge in [-0.1, -0.05) is 23.2 Å². The number of thiazole rings is 1. The van der Waals surface area contributed by atoms with Gasteiger partial charge in [-0.3, -0.25) is 0 Å². The molecule has 0 aliphatic carbocycles. The Labute approximate surface area is 186 Å². The van der Waals surface area contributed by atoms with Gasteiger partial charge in [0, 0.05) is 36.9 Å². The molecule has 9 heteroatoms. The minimum atomic E-state index is 0. The molecular formula is C17H26Cl2IN5S. The molecule has 0 unspecified atom stereocenters. The summed E-state index contributed by atoms with van der Waals surface area (Å²) in [7, 11) is 1.89. The van der Waals surface area contributed by atoms with E-state index in [0.717, 1.165) is 49.7 Å². The van der Waals surface area contributed by atoms with E-state index in [1.165, 1.54) is 5.01 Å². The van der Waals surface area contributed by atoms with Crippen molar-refractivity contribution >= 4 is 64.5 Å². The average molecular weight is 530 g/mol. The minimum absolute atomic E-state index is 0. The summed E-state index contributed by atoms with van der Waals surface area (Å²) >= 11 is 13.9. The minimum Gasteiger partial charge on any atom is -0.357 e. The summed E-state index contributed by atoms with van der Waals surface area (Å²) < 4.78 is 1.85. The first-order valence-corrected chi connectivity index (χ1v) is 10.1. The zero-order chi connectivity index (χ0) is 18.2. The van der Waals surface area contributed by atoms with Crippen molar-refractivity contribution in [2.24, 2.45) is 12.0 Å². The molecule has 26 heavy (non-hydrogen) atoms. The molecule has 2 heterocycles. The van der Waals surface area contributed by atoms with Gasteiger partial charge in [0.15, 0.2) is 5.96 Å². The smallest absolute Gasteiger partial charge is 0.191 e. The van der Waals surface area contributed by atoms with Crippen molar-refractivity contribution in [2.75, 3.05) is 13.1 Å². The third kappa shape index (κ3) is 7.25. The summed E-state index contributed by atoms with van der Waals surface area (Å²) in [5, 5.41) is 11.1. The van der Waals surface area contributed by atoms with Crippen LogP contribution in [0.25, 0.3) is 0 Å². The third-order valence-corrected chi connectivity index (χ3v) is 5.60. The predicted octanol–water partition coefficient (Wildman–Crippen LogP) is 4.79. The van der Waals surface area contributed by atoms with Gasteiger partial charge in [-0.15, -0.1) is 35.3 Å². The Morgan fingerprint density at radius 2 is 2.08 bits per heavy atom. The number of nitrogens with one attached hydrogen (secondary N) is 2. The van der Waals surface area contributed by atoms with Crippen LogP contribution in [0.2, 0.25) is 10.2 Å². The van der Waals surface area contributed by atoms with Gasteiger partial charge in [0.1, 0.15) is 5.15 Å². The molecule has 0 aromatic carbocycles. The summed E-state index contributed by atoms with van der Waals surface area (Å²) in [4.78, 5) is 9.10. The van der Waals surface area contributed by atoms with Gasteiger partial charge in [0.2, 0.25) is 0 Å². The summed E-state index contributed by atoms with van der Waals surface area (Å²) in [6.07, 6.45) is 3.22. The van der Waals surface area contributed by atoms with Crippen molar-refractivity contribution in [1.82, 2.24) is 20.2 Å². The second-order valence-corrected chi connectivity index (χ2v) is 7.50. The number of guanidine groups is 1. The Kier molecular flexibility index (Phi) is 10.9. The van der Waals surface area contributed by atoms with Crippen molar-refractivity contribution in [3.05, 3.63) is 38.0 Å². The van der Waals surface area contributed by atoms with Crippen molar-refractivity contribution in [3.8, 4) is 0 Å². The van der Waals surface area contributed by atoms with Gasteiger partial charge < -0.3 is 15.2 Å². The molecule has 2 rings (SSSR count). The van der Waals surface area contributed by atoms with E-state index in [2.05, 4.69) is 32.9 Å². The van der Waals surface area contributed by atoms with Crippen LogP contribution in [0.1, 0.15) is 36.2 Å². The molecule has 2 N–H and O–H groups in total. The SMILES string of the molecule is CCNC(=NCc1cc(Cl)c(Cl)n1C)NCCCCc1nc(C)cs1.I. The number of unbranched alkanes of at least 4 members (excludes halogenated alkanes) is 1. The number of rotatable bonds is 8. The molecule has 0 aliphatic heterocycles. The maximum atomic E-state index is 6.09. The second kappa shape index (κ2) is 12.0. The van der Waals surface area contributed by atoms with E-state index in [9.17, 15) is 0 Å². The normalized spacial score (nSPS) is 11.3. The lowest BCUT2D eigenvalue weighted by Crippen LogP contribution is -2.37. The first-order valence-electron chi connectivity index (χ1n) is 8.44. The maximum absolute atomic E-state index is 6.09. The first kappa shape index (κ1) is 23.5. The highest BCUT2D eigenvalue weighted by Crippen LogP contribution is 2.25. The largest absolute Gasteiger partial charge is 0.357 e. The summed E-state index contributed by atoms with van der Waals surface area (Å²) in [6.45, 7) is 6.31. The Balaban J connectivity index is 0.00000338. The highest BCUT2D eigenvalue weighted by atomic mass is 127. The van der Waals surface area contributed by atoms with E-state index in [-0.39, 0.29) is 24.0 Å². The third-order valence-electron chi connectivity index (χ3n) is 3.74. The van der Waals surface area contributed by atoms with E-state index in [1.54, 1.807) is 11.3 Å². The molecule has 0 amide bonds. The molecular weight excluding hydrogens is 504 g/mol. The van der Waals surface area contributed by atoms with Crippen molar-refractivity contribution in [3.63, 3.8) is 0 Å². The summed E-state index contributed by atoms with van der Waals surface area (Å²) in [6, 6.07) is 1.85. The molecule has 5 nitrogen and oxygen atoms in total. The highest BCUT2D eigenvalue weighted by Gasteiger charge is 2.08. The molecule has 0 bridgehead atoms. The van der Waals surface area contributed by atoms with Crippen LogP contribution in [-0.2, 0) is 20.0 Å². The highest BCUT2D eigenvalue weighted by molar-refractivity contribution is 14.0. The Hall–Kier alpha value is -0.510. The van der Waals surface area contributed by atoms with E-state index in [1.807, 2.05) is 24.6 Å². The van der Waals surface area contributed by atoms with E-state index < -0.39 is 0 Å². The van der Waals surface area contributed by atoms with Gasteiger partial charge in [0.05, 0.1) is 16.6 Å². The maximum Gasteiger partial charge on any atom is 0.191 e. The van der Waals surface area contributed by atoms with E-state index in [0.29, 0.717) is 16.7 Å². The zero-order valence-electron chi connectivity index (χ0n) is 15.3. The lowest BCUT2D eigenvalue weighted by atomic mass is 10.2. The van der Waals surface area contributed by atoms with Crippen molar-refractivity contribution in [1.29, 1.82) is 0 Å². The van der Waals surface area contributed by atoms with Gasteiger partial charge >= 0.3 is 0 Å². The number of nitrogens with zero attached hydrogens (tertiary/aromatic N) is 3. The molecule has 0 atom stereocenters. The van der Waals surface area contributed by atoms with E-state index in [4.69, 9.17) is 23.2 Å². The standard InChI is InChI=1S/C17H25Cl2N5S.HI/c1-4-20-17(22-10-13-9-14(18)16(19)24(13)3)21-8-6-5-7-15-23-12(2)11-25-15;/h9,11H,4-8,10H2,1-3H3,(H2,20,21,22);1H. The van der Waals surface area contributed by atoms with Crippen molar-refractivity contribution < 1.29 is 0 Å². The fraction of sp³-hybridized carbons (Fsp3) is 0.529. The lowest BCUT2D eigenvalue weighted by molar-refractivity contribution is 0.691. The molecule has 146 valence electrons. The van der Waals surface area contributed by atoms with Crippen LogP contribution < -0.4 is 10.6 Å². The van der Waals surface area contributed by atoms with E-state index >= 15 is 0 Å². The Morgan fingerprint density at radius 1 is 1.31 bits per heavy atom. The molecule has 2 aromatic heterocycles. The molecule has 0 saturated heterocycles. The van der Waals surface area contributed by atoms with Gasteiger partial charge in [-0.2, -0.15) is 0 Å². The monoisotopic (exact) mass is 529 g/mol. The fourth-order valence-corrected chi connectivity index (χ4v) is 3.60. The topological polar surface area (TPSA) is 54.2 Å². The molecule has 0 fully saturated rings. The zero-order valence-corrected chi connectivity index (χ0v) is 20.0. The van der Waals surface area contributed by atoms with Crippen molar-refractivity contribution in [2.45, 2.75) is 39.7 Å². The molecule has 0 aliphatic rings. The van der Waals surface area contributed by atoms with Crippen LogP contribution >= 0.6 is 58.5 Å². The summed E-state index contributed by atoms with van der Waals surface area (Å²) in [5.74, 6) is 0.807. The molecule has 0 spiro atoms. The number of halogens is 3. The number of aliphatic imine (C=N–C) groups is 1. The number of hydrogen-bond acceptors (Lipinski definition) is 3. The van der Waals surface area contributed by atoms with Crippen LogP contribution in [0.4, 0.5) is 0 Å². The number of aryl methyl sites for hydroxylation is 2. The van der Waals surface area contributed by atoms with Crippen LogP contribution in [0, 0.1) is 6.92 Å². The number of aromatic nitrogens is 2. The predicted molar refractivity (Wildman–Crippen MR) is 123 cm³/mol. The molecule has 0 radical (unpaired) electrons. The summed E-state index contributed by atoms with van der Waals surface area (Å²) in [5.41, 5.74) is 2.09. The second-order valence-electron chi connectivity index (χ2n) is 5.80. The van der Waals surface area contributed by atoms with Gasteiger partial charge in [-0.05, 0) is 39.2 Å². The lowest BCUT2D eigenvalue weighted by Gasteiger charge is -2.11. The molecule has 2 aromatic rings. The Morgan fingerprint density at radius 3 is 2.65 bits per heavy atom. The average Bonchev–Trinajstić information content (AvgIpc) is 3.10. The number of hydrogen-bond donors (Lipinski definition) is 2. The molecule has 0 saturated carbocycles. The quantitative estimate of drug-likeness (QED) is 0.224.